The highest BCUT2D eigenvalue weighted by molar-refractivity contribution is 5.37. The van der Waals surface area contributed by atoms with Crippen LogP contribution in [0.25, 0.3) is 5.69 Å². The number of nitrogens with two attached hydrogens (primary N) is 1. The number of imidazole rings is 1. The normalized spacial score (nSPS) is 11.9. The molecule has 0 aliphatic carbocycles. The predicted molar refractivity (Wildman–Crippen MR) is 60.7 cm³/mol. The van der Waals surface area contributed by atoms with E-state index in [4.69, 9.17) is 5.73 Å². The summed E-state index contributed by atoms with van der Waals surface area (Å²) >= 11 is 0. The van der Waals surface area contributed by atoms with Crippen LogP contribution in [-0.2, 0) is 5.54 Å². The molecule has 0 radical (unpaired) electrons. The minimum Gasteiger partial charge on any atom is -0.321 e. The number of aromatic nitrogens is 2. The van der Waals surface area contributed by atoms with Gasteiger partial charge in [0.05, 0.1) is 29.4 Å². The van der Waals surface area contributed by atoms with Crippen LogP contribution in [0, 0.1) is 17.5 Å². The molecule has 2 N–H and O–H groups in total. The van der Waals surface area contributed by atoms with Crippen molar-refractivity contribution in [3.8, 4) is 5.69 Å². The number of hydrogen-bond acceptors (Lipinski definition) is 2. The molecule has 0 fully saturated rings. The minimum absolute atomic E-state index is 0.125. The maximum atomic E-state index is 13.7. The largest absolute Gasteiger partial charge is 0.321 e. The van der Waals surface area contributed by atoms with E-state index in [2.05, 4.69) is 4.98 Å². The maximum Gasteiger partial charge on any atom is 0.196 e. The lowest BCUT2D eigenvalue weighted by molar-refractivity contribution is 0.442. The minimum atomic E-state index is -1.51. The third-order valence-electron chi connectivity index (χ3n) is 2.57. The predicted octanol–water partition coefficient (Wildman–Crippen LogP) is 2.48. The van der Waals surface area contributed by atoms with Crippen LogP contribution in [0.2, 0.25) is 0 Å². The van der Waals surface area contributed by atoms with Gasteiger partial charge in [-0.3, -0.25) is 4.57 Å². The SMILES string of the molecule is CC(C)(N)c1cncn1-c1ccc(F)c(F)c1F. The van der Waals surface area contributed by atoms with E-state index in [0.717, 1.165) is 12.1 Å². The molecule has 0 saturated heterocycles. The Balaban J connectivity index is 2.64. The highest BCUT2D eigenvalue weighted by Gasteiger charge is 2.23. The van der Waals surface area contributed by atoms with Gasteiger partial charge < -0.3 is 5.73 Å². The standard InChI is InChI=1S/C12H12F3N3/c1-12(2,16)9-5-17-6-18(9)8-4-3-7(13)10(14)11(8)15/h3-6H,16H2,1-2H3. The summed E-state index contributed by atoms with van der Waals surface area (Å²) < 4.78 is 41.1. The molecule has 0 bridgehead atoms. The molecule has 0 unspecified atom stereocenters. The van der Waals surface area contributed by atoms with E-state index in [1.807, 2.05) is 0 Å². The molecule has 0 amide bonds. The Morgan fingerprint density at radius 1 is 1.17 bits per heavy atom. The Hall–Kier alpha value is -1.82. The van der Waals surface area contributed by atoms with E-state index in [1.54, 1.807) is 13.8 Å². The number of hydrogen-bond donors (Lipinski definition) is 1. The third kappa shape index (κ3) is 1.99. The van der Waals surface area contributed by atoms with Gasteiger partial charge in [0.15, 0.2) is 17.5 Å². The molecule has 0 atom stereocenters. The first-order valence-electron chi connectivity index (χ1n) is 5.28. The van der Waals surface area contributed by atoms with Gasteiger partial charge in [-0.1, -0.05) is 0 Å². The van der Waals surface area contributed by atoms with Crippen molar-refractivity contribution in [2.24, 2.45) is 5.73 Å². The molecule has 3 nitrogen and oxygen atoms in total. The molecule has 1 aromatic heterocycles. The van der Waals surface area contributed by atoms with Crippen molar-refractivity contribution in [1.29, 1.82) is 0 Å². The summed E-state index contributed by atoms with van der Waals surface area (Å²) in [6, 6.07) is 2.01. The number of benzene rings is 1. The van der Waals surface area contributed by atoms with E-state index in [-0.39, 0.29) is 5.69 Å². The van der Waals surface area contributed by atoms with Crippen molar-refractivity contribution < 1.29 is 13.2 Å². The zero-order chi connectivity index (χ0) is 13.5. The highest BCUT2D eigenvalue weighted by atomic mass is 19.2. The molecule has 6 heteroatoms. The van der Waals surface area contributed by atoms with Crippen molar-refractivity contribution in [2.75, 3.05) is 0 Å². The topological polar surface area (TPSA) is 43.8 Å². The molecule has 1 heterocycles. The number of nitrogens with zero attached hydrogens (tertiary/aromatic N) is 2. The van der Waals surface area contributed by atoms with Crippen LogP contribution in [0.5, 0.6) is 0 Å². The smallest absolute Gasteiger partial charge is 0.196 e. The van der Waals surface area contributed by atoms with Crippen LogP contribution < -0.4 is 5.73 Å². The summed E-state index contributed by atoms with van der Waals surface area (Å²) in [4.78, 5) is 3.86. The van der Waals surface area contributed by atoms with Crippen molar-refractivity contribution >= 4 is 0 Å². The van der Waals surface area contributed by atoms with Crippen molar-refractivity contribution in [1.82, 2.24) is 9.55 Å². The molecular weight excluding hydrogens is 243 g/mol. The van der Waals surface area contributed by atoms with Crippen LogP contribution in [-0.4, -0.2) is 9.55 Å². The molecule has 96 valence electrons. The molecule has 1 aromatic carbocycles. The van der Waals surface area contributed by atoms with Crippen LogP contribution in [0.4, 0.5) is 13.2 Å². The fraction of sp³-hybridized carbons (Fsp3) is 0.250. The monoisotopic (exact) mass is 255 g/mol. The molecule has 18 heavy (non-hydrogen) atoms. The lowest BCUT2D eigenvalue weighted by Crippen LogP contribution is -2.31. The lowest BCUT2D eigenvalue weighted by atomic mass is 10.0. The average molecular weight is 255 g/mol. The Morgan fingerprint density at radius 2 is 1.83 bits per heavy atom. The summed E-state index contributed by atoms with van der Waals surface area (Å²) in [5.74, 6) is -4.01. The lowest BCUT2D eigenvalue weighted by Gasteiger charge is -2.21. The highest BCUT2D eigenvalue weighted by Crippen LogP contribution is 2.24. The second-order valence-corrected chi connectivity index (χ2v) is 4.57. The van der Waals surface area contributed by atoms with Gasteiger partial charge in [0.25, 0.3) is 0 Å². The zero-order valence-corrected chi connectivity index (χ0v) is 9.92. The molecule has 2 aromatic rings. The van der Waals surface area contributed by atoms with Gasteiger partial charge in [-0.05, 0) is 26.0 Å². The van der Waals surface area contributed by atoms with Crippen LogP contribution in [0.1, 0.15) is 19.5 Å². The van der Waals surface area contributed by atoms with Gasteiger partial charge >= 0.3 is 0 Å². The first-order chi connectivity index (χ1) is 8.32. The molecule has 0 aliphatic heterocycles. The van der Waals surface area contributed by atoms with E-state index in [1.165, 1.54) is 17.1 Å². The first-order valence-corrected chi connectivity index (χ1v) is 5.28. The Bertz CT molecular complexity index is 585. The van der Waals surface area contributed by atoms with E-state index in [9.17, 15) is 13.2 Å². The fourth-order valence-electron chi connectivity index (χ4n) is 1.67. The van der Waals surface area contributed by atoms with Gasteiger partial charge in [0.2, 0.25) is 0 Å². The molecular formula is C12H12F3N3. The van der Waals surface area contributed by atoms with E-state index < -0.39 is 23.0 Å². The van der Waals surface area contributed by atoms with Gasteiger partial charge in [0, 0.05) is 0 Å². The van der Waals surface area contributed by atoms with Gasteiger partial charge in [-0.2, -0.15) is 0 Å². The zero-order valence-electron chi connectivity index (χ0n) is 9.92. The van der Waals surface area contributed by atoms with Gasteiger partial charge in [0.1, 0.15) is 0 Å². The third-order valence-corrected chi connectivity index (χ3v) is 2.57. The summed E-state index contributed by atoms with van der Waals surface area (Å²) in [7, 11) is 0. The maximum absolute atomic E-state index is 13.7. The van der Waals surface area contributed by atoms with Gasteiger partial charge in [-0.25, -0.2) is 18.2 Å². The van der Waals surface area contributed by atoms with E-state index in [0.29, 0.717) is 5.69 Å². The number of halogens is 3. The Labute approximate surface area is 102 Å². The summed E-state index contributed by atoms with van der Waals surface area (Å²) in [6.07, 6.45) is 2.76. The second-order valence-electron chi connectivity index (χ2n) is 4.57. The van der Waals surface area contributed by atoms with Crippen molar-refractivity contribution in [2.45, 2.75) is 19.4 Å². The van der Waals surface area contributed by atoms with Gasteiger partial charge in [-0.15, -0.1) is 0 Å². The van der Waals surface area contributed by atoms with E-state index >= 15 is 0 Å². The van der Waals surface area contributed by atoms with Crippen molar-refractivity contribution in [3.63, 3.8) is 0 Å². The van der Waals surface area contributed by atoms with Crippen LogP contribution in [0.3, 0.4) is 0 Å². The second kappa shape index (κ2) is 4.13. The summed E-state index contributed by atoms with van der Waals surface area (Å²) in [5, 5.41) is 0. The molecule has 0 spiro atoms. The number of rotatable bonds is 2. The fourth-order valence-corrected chi connectivity index (χ4v) is 1.67. The summed E-state index contributed by atoms with van der Waals surface area (Å²) in [6.45, 7) is 3.41. The molecule has 0 aliphatic rings. The molecule has 2 rings (SSSR count). The summed E-state index contributed by atoms with van der Waals surface area (Å²) in [5.41, 5.74) is 5.49. The quantitative estimate of drug-likeness (QED) is 0.838. The molecule has 0 saturated carbocycles. The first kappa shape index (κ1) is 12.6. The Kier molecular flexibility index (Phi) is 2.90. The average Bonchev–Trinajstić information content (AvgIpc) is 2.74. The van der Waals surface area contributed by atoms with Crippen molar-refractivity contribution in [3.05, 3.63) is 47.8 Å². The van der Waals surface area contributed by atoms with Crippen LogP contribution in [0.15, 0.2) is 24.7 Å². The Morgan fingerprint density at radius 3 is 2.44 bits per heavy atom. The van der Waals surface area contributed by atoms with Crippen LogP contribution >= 0.6 is 0 Å².